The Morgan fingerprint density at radius 3 is 1.33 bits per heavy atom. The number of aliphatic hydroxyl groups is 11. The molecule has 3 heterocycles. The van der Waals surface area contributed by atoms with Gasteiger partial charge in [0.05, 0.1) is 38.6 Å². The van der Waals surface area contributed by atoms with E-state index in [1.807, 2.05) is 6.08 Å². The van der Waals surface area contributed by atoms with E-state index >= 15 is 0 Å². The van der Waals surface area contributed by atoms with E-state index in [2.05, 4.69) is 31.3 Å². The zero-order valence-electron chi connectivity index (χ0n) is 44.1. The summed E-state index contributed by atoms with van der Waals surface area (Å²) in [6.45, 7) is 1.68. The van der Waals surface area contributed by atoms with Crippen LogP contribution in [-0.4, -0.2) is 193 Å². The van der Waals surface area contributed by atoms with Crippen molar-refractivity contribution >= 4 is 5.91 Å². The Balaban J connectivity index is 1.54. The highest BCUT2D eigenvalue weighted by atomic mass is 16.8. The zero-order valence-corrected chi connectivity index (χ0v) is 44.1. The fourth-order valence-corrected chi connectivity index (χ4v) is 9.54. The first-order valence-electron chi connectivity index (χ1n) is 28.1. The van der Waals surface area contributed by atoms with Gasteiger partial charge in [-0.1, -0.05) is 154 Å². The van der Waals surface area contributed by atoms with Crippen LogP contribution < -0.4 is 5.32 Å². The van der Waals surface area contributed by atoms with Crippen LogP contribution in [0.2, 0.25) is 0 Å². The normalized spacial score (nSPS) is 31.9. The Hall–Kier alpha value is -1.73. The Morgan fingerprint density at radius 1 is 0.479 bits per heavy atom. The molecule has 3 fully saturated rings. The number of nitrogens with one attached hydrogen (secondary N) is 1. The summed E-state index contributed by atoms with van der Waals surface area (Å²) in [6, 6.07) is -0.973. The lowest BCUT2D eigenvalue weighted by atomic mass is 9.96. The van der Waals surface area contributed by atoms with Gasteiger partial charge in [0.15, 0.2) is 18.9 Å². The molecule has 17 unspecified atom stereocenters. The Kier molecular flexibility index (Phi) is 34.8. The van der Waals surface area contributed by atoms with Gasteiger partial charge in [-0.05, 0) is 44.9 Å². The lowest BCUT2D eigenvalue weighted by Gasteiger charge is -2.48. The standard InChI is InChI=1S/C54H99NO18/c1-3-5-7-9-11-13-15-17-18-19-20-22-24-26-28-30-32-42(60)55-37(38(59)31-29-27-25-23-21-16-14-12-10-8-6-4-2)36-68-52-48(66)45(63)50(40(34-57)70-52)73-54-49(67)46(64)51(41(35-58)71-54)72-53-47(65)44(62)43(61)39(33-56)69-53/h18-19,29,31,37-41,43-54,56-59,61-67H,3-17,20-28,30,32-36H2,1-2H3,(H,55,60)/b19-18-,31-29+. The molecule has 0 radical (unpaired) electrons. The van der Waals surface area contributed by atoms with Gasteiger partial charge in [0.25, 0.3) is 0 Å². The predicted molar refractivity (Wildman–Crippen MR) is 273 cm³/mol. The van der Waals surface area contributed by atoms with Gasteiger partial charge in [-0.3, -0.25) is 4.79 Å². The van der Waals surface area contributed by atoms with Crippen LogP contribution in [0.15, 0.2) is 24.3 Å². The van der Waals surface area contributed by atoms with E-state index in [0.717, 1.165) is 64.2 Å². The van der Waals surface area contributed by atoms with Gasteiger partial charge in [-0.25, -0.2) is 0 Å². The van der Waals surface area contributed by atoms with Crippen LogP contribution >= 0.6 is 0 Å². The van der Waals surface area contributed by atoms with Gasteiger partial charge < -0.3 is 89.9 Å². The monoisotopic (exact) mass is 1050 g/mol. The van der Waals surface area contributed by atoms with Crippen LogP contribution in [0, 0.1) is 0 Å². The topological polar surface area (TPSA) is 307 Å². The minimum atomic E-state index is -1.98. The number of amides is 1. The van der Waals surface area contributed by atoms with Gasteiger partial charge in [0.1, 0.15) is 73.2 Å². The minimum absolute atomic E-state index is 0.234. The molecule has 0 aromatic rings. The second-order valence-electron chi connectivity index (χ2n) is 20.4. The van der Waals surface area contributed by atoms with Crippen LogP contribution in [-0.2, 0) is 33.2 Å². The van der Waals surface area contributed by atoms with Crippen molar-refractivity contribution in [2.75, 3.05) is 26.4 Å². The van der Waals surface area contributed by atoms with Crippen molar-refractivity contribution in [1.29, 1.82) is 0 Å². The zero-order chi connectivity index (χ0) is 53.4. The minimum Gasteiger partial charge on any atom is -0.394 e. The highest BCUT2D eigenvalue weighted by Gasteiger charge is 2.53. The molecule has 0 spiro atoms. The van der Waals surface area contributed by atoms with Crippen molar-refractivity contribution in [3.05, 3.63) is 24.3 Å². The SMILES string of the molecule is CCCCCCCCC/C=C\CCCCCCCC(=O)NC(COC1OC(CO)C(OC2OC(CO)C(OC3OC(CO)C(O)C(O)C3O)C(O)C2O)C(O)C1O)C(O)/C=C/CCCCCCCCCCCC. The Labute approximate surface area is 435 Å². The van der Waals surface area contributed by atoms with E-state index in [9.17, 15) is 61.0 Å². The Morgan fingerprint density at radius 2 is 0.863 bits per heavy atom. The number of carbonyl (C=O) groups is 1. The van der Waals surface area contributed by atoms with Crippen molar-refractivity contribution in [1.82, 2.24) is 5.32 Å². The molecule has 0 saturated carbocycles. The molecule has 0 aliphatic carbocycles. The van der Waals surface area contributed by atoms with E-state index in [4.69, 9.17) is 28.4 Å². The number of hydrogen-bond donors (Lipinski definition) is 12. The second-order valence-corrected chi connectivity index (χ2v) is 20.4. The number of unbranched alkanes of at least 4 members (excludes halogenated alkanes) is 22. The van der Waals surface area contributed by atoms with Gasteiger partial charge in [0.2, 0.25) is 5.91 Å². The molecule has 3 rings (SSSR count). The van der Waals surface area contributed by atoms with Gasteiger partial charge in [-0.2, -0.15) is 0 Å². The number of ether oxygens (including phenoxy) is 6. The maximum atomic E-state index is 13.3. The summed E-state index contributed by atoms with van der Waals surface area (Å²) in [5.41, 5.74) is 0. The smallest absolute Gasteiger partial charge is 0.220 e. The number of carbonyl (C=O) groups excluding carboxylic acids is 1. The second kappa shape index (κ2) is 38.8. The van der Waals surface area contributed by atoms with E-state index in [0.29, 0.717) is 6.42 Å². The number of aliphatic hydroxyl groups excluding tert-OH is 11. The highest BCUT2D eigenvalue weighted by molar-refractivity contribution is 5.76. The molecular formula is C54H99NO18. The molecule has 73 heavy (non-hydrogen) atoms. The molecule has 12 N–H and O–H groups in total. The van der Waals surface area contributed by atoms with Gasteiger partial charge in [0, 0.05) is 6.42 Å². The maximum absolute atomic E-state index is 13.3. The summed E-state index contributed by atoms with van der Waals surface area (Å²) >= 11 is 0. The number of allylic oxidation sites excluding steroid dienone is 3. The van der Waals surface area contributed by atoms with E-state index in [1.54, 1.807) is 6.08 Å². The van der Waals surface area contributed by atoms with Crippen molar-refractivity contribution in [3.8, 4) is 0 Å². The van der Waals surface area contributed by atoms with Gasteiger partial charge >= 0.3 is 0 Å². The summed E-state index contributed by atoms with van der Waals surface area (Å²) in [5, 5.41) is 120. The summed E-state index contributed by atoms with van der Waals surface area (Å²) in [7, 11) is 0. The molecule has 0 bridgehead atoms. The third kappa shape index (κ3) is 23.8. The van der Waals surface area contributed by atoms with E-state index in [1.165, 1.54) is 89.9 Å². The fraction of sp³-hybridized carbons (Fsp3) is 0.907. The molecule has 17 atom stereocenters. The first kappa shape index (κ1) is 65.6. The van der Waals surface area contributed by atoms with Crippen molar-refractivity contribution < 1.29 is 89.4 Å². The van der Waals surface area contributed by atoms with Gasteiger partial charge in [-0.15, -0.1) is 0 Å². The summed E-state index contributed by atoms with van der Waals surface area (Å²) in [4.78, 5) is 13.3. The molecule has 0 aromatic carbocycles. The average molecular weight is 1050 g/mol. The third-order valence-corrected chi connectivity index (χ3v) is 14.2. The van der Waals surface area contributed by atoms with E-state index in [-0.39, 0.29) is 18.9 Å². The van der Waals surface area contributed by atoms with Crippen LogP contribution in [0.5, 0.6) is 0 Å². The first-order valence-corrected chi connectivity index (χ1v) is 28.1. The van der Waals surface area contributed by atoms with Crippen molar-refractivity contribution in [2.24, 2.45) is 0 Å². The molecule has 3 saturated heterocycles. The molecule has 19 nitrogen and oxygen atoms in total. The van der Waals surface area contributed by atoms with Crippen molar-refractivity contribution in [3.63, 3.8) is 0 Å². The first-order chi connectivity index (χ1) is 35.3. The Bertz CT molecular complexity index is 1440. The quantitative estimate of drug-likeness (QED) is 0.0308. The maximum Gasteiger partial charge on any atom is 0.220 e. The number of rotatable bonds is 40. The van der Waals surface area contributed by atoms with E-state index < -0.39 is 124 Å². The van der Waals surface area contributed by atoms with Crippen LogP contribution in [0.1, 0.15) is 181 Å². The predicted octanol–water partition coefficient (Wildman–Crippen LogP) is 3.59. The molecular weight excluding hydrogens is 951 g/mol. The highest BCUT2D eigenvalue weighted by Crippen LogP contribution is 2.33. The molecule has 3 aliphatic heterocycles. The lowest BCUT2D eigenvalue weighted by molar-refractivity contribution is -0.379. The van der Waals surface area contributed by atoms with Crippen LogP contribution in [0.3, 0.4) is 0 Å². The summed E-state index contributed by atoms with van der Waals surface area (Å²) in [5.74, 6) is -0.286. The molecule has 0 aromatic heterocycles. The van der Waals surface area contributed by atoms with Crippen molar-refractivity contribution in [2.45, 2.75) is 285 Å². The van der Waals surface area contributed by atoms with Crippen LogP contribution in [0.25, 0.3) is 0 Å². The lowest BCUT2D eigenvalue weighted by Crippen LogP contribution is -2.66. The third-order valence-electron chi connectivity index (χ3n) is 14.2. The number of hydrogen-bond acceptors (Lipinski definition) is 18. The molecule has 19 heteroatoms. The molecule has 1 amide bonds. The molecule has 428 valence electrons. The van der Waals surface area contributed by atoms with Crippen LogP contribution in [0.4, 0.5) is 0 Å². The fourth-order valence-electron chi connectivity index (χ4n) is 9.54. The summed E-state index contributed by atoms with van der Waals surface area (Å²) in [6.07, 6.45) is 10.3. The molecule has 3 aliphatic rings. The largest absolute Gasteiger partial charge is 0.394 e. The average Bonchev–Trinajstić information content (AvgIpc) is 3.39. The summed E-state index contributed by atoms with van der Waals surface area (Å²) < 4.78 is 34.1.